The van der Waals surface area contributed by atoms with Crippen molar-refractivity contribution in [1.82, 2.24) is 0 Å². The van der Waals surface area contributed by atoms with Crippen molar-refractivity contribution < 1.29 is 0 Å². The minimum Gasteiger partial charge on any atom is -0.399 e. The van der Waals surface area contributed by atoms with Gasteiger partial charge in [0.15, 0.2) is 0 Å². The van der Waals surface area contributed by atoms with Gasteiger partial charge < -0.3 is 11.5 Å². The number of rotatable bonds is 5. The lowest BCUT2D eigenvalue weighted by molar-refractivity contribution is 0.933. The van der Waals surface area contributed by atoms with Crippen molar-refractivity contribution >= 4 is 39.1 Å². The Morgan fingerprint density at radius 1 is 0.947 bits per heavy atom. The minimum atomic E-state index is 0.790. The molecule has 0 aromatic heterocycles. The average molecular weight is 337 g/mol. The highest BCUT2D eigenvalue weighted by atomic mass is 79.9. The van der Waals surface area contributed by atoms with Gasteiger partial charge in [0, 0.05) is 20.7 Å². The smallest absolute Gasteiger partial charge is 0.0331 e. The first-order valence-electron chi connectivity index (χ1n) is 6.17. The number of thioether (sulfide) groups is 1. The van der Waals surface area contributed by atoms with Crippen LogP contribution in [0.5, 0.6) is 0 Å². The van der Waals surface area contributed by atoms with Crippen molar-refractivity contribution in [2.24, 2.45) is 0 Å². The van der Waals surface area contributed by atoms with E-state index in [1.807, 2.05) is 36.0 Å². The van der Waals surface area contributed by atoms with Crippen LogP contribution >= 0.6 is 27.7 Å². The van der Waals surface area contributed by atoms with Crippen LogP contribution in [0.2, 0.25) is 0 Å². The summed E-state index contributed by atoms with van der Waals surface area (Å²) in [5, 5.41) is 0. The van der Waals surface area contributed by atoms with E-state index in [2.05, 4.69) is 34.1 Å². The molecule has 2 aromatic carbocycles. The van der Waals surface area contributed by atoms with Crippen LogP contribution in [-0.2, 0) is 6.42 Å². The molecule has 2 rings (SSSR count). The van der Waals surface area contributed by atoms with Gasteiger partial charge in [0.05, 0.1) is 0 Å². The minimum absolute atomic E-state index is 0.790. The Bertz CT molecular complexity index is 540. The van der Waals surface area contributed by atoms with Gasteiger partial charge in [-0.3, -0.25) is 0 Å². The van der Waals surface area contributed by atoms with E-state index >= 15 is 0 Å². The molecule has 0 heterocycles. The van der Waals surface area contributed by atoms with E-state index in [9.17, 15) is 0 Å². The van der Waals surface area contributed by atoms with Crippen LogP contribution in [0.4, 0.5) is 11.4 Å². The normalized spacial score (nSPS) is 10.6. The molecule has 2 nitrogen and oxygen atoms in total. The highest BCUT2D eigenvalue weighted by Crippen LogP contribution is 2.29. The van der Waals surface area contributed by atoms with Crippen LogP contribution in [0.3, 0.4) is 0 Å². The molecular weight excluding hydrogens is 320 g/mol. The fraction of sp³-hybridized carbons (Fsp3) is 0.200. The molecule has 19 heavy (non-hydrogen) atoms. The molecule has 0 atom stereocenters. The monoisotopic (exact) mass is 336 g/mol. The molecule has 0 saturated heterocycles. The maximum atomic E-state index is 5.72. The van der Waals surface area contributed by atoms with Crippen LogP contribution in [0, 0.1) is 0 Å². The second kappa shape index (κ2) is 6.87. The maximum absolute atomic E-state index is 5.72. The number of anilines is 2. The van der Waals surface area contributed by atoms with Crippen molar-refractivity contribution in [3.05, 3.63) is 52.5 Å². The van der Waals surface area contributed by atoms with Gasteiger partial charge in [-0.15, -0.1) is 11.8 Å². The molecule has 0 unspecified atom stereocenters. The molecule has 0 spiro atoms. The SMILES string of the molecule is Nc1ccc(CCCSc2ccc(N)cc2Br)cc1. The summed E-state index contributed by atoms with van der Waals surface area (Å²) in [6.45, 7) is 0. The molecule has 0 saturated carbocycles. The number of nitrogen functional groups attached to an aromatic ring is 2. The summed E-state index contributed by atoms with van der Waals surface area (Å²) in [5.41, 5.74) is 14.3. The van der Waals surface area contributed by atoms with Crippen LogP contribution in [0.15, 0.2) is 51.8 Å². The molecular formula is C15H17BrN2S. The number of aryl methyl sites for hydroxylation is 1. The van der Waals surface area contributed by atoms with E-state index in [0.29, 0.717) is 0 Å². The van der Waals surface area contributed by atoms with Crippen LogP contribution < -0.4 is 11.5 Å². The predicted molar refractivity (Wildman–Crippen MR) is 88.5 cm³/mol. The summed E-state index contributed by atoms with van der Waals surface area (Å²) in [5.74, 6) is 1.09. The lowest BCUT2D eigenvalue weighted by atomic mass is 10.1. The predicted octanol–water partition coefficient (Wildman–Crippen LogP) is 4.34. The molecule has 100 valence electrons. The summed E-state index contributed by atoms with van der Waals surface area (Å²) < 4.78 is 1.07. The summed E-state index contributed by atoms with van der Waals surface area (Å²) >= 11 is 5.39. The van der Waals surface area contributed by atoms with E-state index in [-0.39, 0.29) is 0 Å². The van der Waals surface area contributed by atoms with Crippen molar-refractivity contribution in [2.45, 2.75) is 17.7 Å². The molecule has 4 N–H and O–H groups in total. The van der Waals surface area contributed by atoms with Crippen LogP contribution in [0.1, 0.15) is 12.0 Å². The van der Waals surface area contributed by atoms with Crippen molar-refractivity contribution in [3.63, 3.8) is 0 Å². The molecule has 2 aromatic rings. The Morgan fingerprint density at radius 2 is 1.63 bits per heavy atom. The van der Waals surface area contributed by atoms with Crippen molar-refractivity contribution in [2.75, 3.05) is 17.2 Å². The Morgan fingerprint density at radius 3 is 2.32 bits per heavy atom. The van der Waals surface area contributed by atoms with Crippen molar-refractivity contribution in [3.8, 4) is 0 Å². The summed E-state index contributed by atoms with van der Waals surface area (Å²) in [6.07, 6.45) is 2.23. The molecule has 0 fully saturated rings. The van der Waals surface area contributed by atoms with Gasteiger partial charge >= 0.3 is 0 Å². The molecule has 0 radical (unpaired) electrons. The van der Waals surface area contributed by atoms with Gasteiger partial charge in [-0.2, -0.15) is 0 Å². The number of nitrogens with two attached hydrogens (primary N) is 2. The van der Waals surface area contributed by atoms with E-state index in [4.69, 9.17) is 11.5 Å². The van der Waals surface area contributed by atoms with E-state index in [1.54, 1.807) is 0 Å². The molecule has 4 heteroatoms. The zero-order valence-electron chi connectivity index (χ0n) is 10.6. The highest BCUT2D eigenvalue weighted by molar-refractivity contribution is 9.10. The first-order chi connectivity index (χ1) is 9.15. The second-order valence-electron chi connectivity index (χ2n) is 4.38. The molecule has 0 amide bonds. The topological polar surface area (TPSA) is 52.0 Å². The van der Waals surface area contributed by atoms with Crippen molar-refractivity contribution in [1.29, 1.82) is 0 Å². The van der Waals surface area contributed by atoms with Crippen LogP contribution in [0.25, 0.3) is 0 Å². The maximum Gasteiger partial charge on any atom is 0.0331 e. The Balaban J connectivity index is 1.79. The van der Waals surface area contributed by atoms with Gasteiger partial charge in [0.1, 0.15) is 0 Å². The molecule has 0 aliphatic heterocycles. The lowest BCUT2D eigenvalue weighted by Crippen LogP contribution is -1.90. The average Bonchev–Trinajstić information content (AvgIpc) is 2.39. The Kier molecular flexibility index (Phi) is 5.16. The quantitative estimate of drug-likeness (QED) is 0.485. The summed E-state index contributed by atoms with van der Waals surface area (Å²) in [6, 6.07) is 14.1. The summed E-state index contributed by atoms with van der Waals surface area (Å²) in [4.78, 5) is 1.24. The standard InChI is InChI=1S/C15H17BrN2S/c16-14-10-13(18)7-8-15(14)19-9-1-2-11-3-5-12(17)6-4-11/h3-8,10H,1-2,9,17-18H2. The third kappa shape index (κ3) is 4.48. The van der Waals surface area contributed by atoms with Gasteiger partial charge in [0.25, 0.3) is 0 Å². The Labute approximate surface area is 126 Å². The second-order valence-corrected chi connectivity index (χ2v) is 6.37. The Hall–Kier alpha value is -1.13. The van der Waals surface area contributed by atoms with Gasteiger partial charge in [-0.05, 0) is 70.4 Å². The molecule has 0 aliphatic carbocycles. The lowest BCUT2D eigenvalue weighted by Gasteiger charge is -2.05. The van der Waals surface area contributed by atoms with Gasteiger partial charge in [-0.25, -0.2) is 0 Å². The van der Waals surface area contributed by atoms with E-state index < -0.39 is 0 Å². The number of benzene rings is 2. The van der Waals surface area contributed by atoms with Crippen LogP contribution in [-0.4, -0.2) is 5.75 Å². The first kappa shape index (κ1) is 14.3. The first-order valence-corrected chi connectivity index (χ1v) is 7.95. The third-order valence-electron chi connectivity index (χ3n) is 2.80. The summed E-state index contributed by atoms with van der Waals surface area (Å²) in [7, 11) is 0. The fourth-order valence-electron chi connectivity index (χ4n) is 1.78. The number of halogens is 1. The van der Waals surface area contributed by atoms with Gasteiger partial charge in [0.2, 0.25) is 0 Å². The number of hydrogen-bond acceptors (Lipinski definition) is 3. The zero-order chi connectivity index (χ0) is 13.7. The zero-order valence-corrected chi connectivity index (χ0v) is 13.0. The molecule has 0 bridgehead atoms. The number of hydrogen-bond donors (Lipinski definition) is 2. The van der Waals surface area contributed by atoms with E-state index in [0.717, 1.165) is 34.4 Å². The fourth-order valence-corrected chi connectivity index (χ4v) is 3.39. The third-order valence-corrected chi connectivity index (χ3v) is 4.88. The van der Waals surface area contributed by atoms with E-state index in [1.165, 1.54) is 10.5 Å². The van der Waals surface area contributed by atoms with Gasteiger partial charge in [-0.1, -0.05) is 12.1 Å². The molecule has 0 aliphatic rings. The highest BCUT2D eigenvalue weighted by Gasteiger charge is 2.01. The largest absolute Gasteiger partial charge is 0.399 e.